The number of benzene rings is 2. The van der Waals surface area contributed by atoms with Gasteiger partial charge in [-0.3, -0.25) is 10.3 Å². The highest BCUT2D eigenvalue weighted by Gasteiger charge is 2.12. The topological polar surface area (TPSA) is 76.1 Å². The molecule has 0 aliphatic rings. The molecule has 0 saturated heterocycles. The standard InChI is InChI=1S/C20H16N4O2/c1-26-17-10-9-16-14(6-4-12-21-16)19(17)24-20(25)23-18-11-8-13-5-2-3-7-15(13)22-18/h2-12H,1H3,(H2,22,23,24,25). The van der Waals surface area contributed by atoms with Gasteiger partial charge in [-0.2, -0.15) is 0 Å². The highest BCUT2D eigenvalue weighted by molar-refractivity contribution is 6.07. The van der Waals surface area contributed by atoms with Gasteiger partial charge >= 0.3 is 6.03 Å². The van der Waals surface area contributed by atoms with Gasteiger partial charge in [-0.05, 0) is 42.5 Å². The zero-order valence-corrected chi connectivity index (χ0v) is 14.1. The van der Waals surface area contributed by atoms with E-state index >= 15 is 0 Å². The highest BCUT2D eigenvalue weighted by Crippen LogP contribution is 2.32. The minimum absolute atomic E-state index is 0.401. The summed E-state index contributed by atoms with van der Waals surface area (Å²) < 4.78 is 5.38. The summed E-state index contributed by atoms with van der Waals surface area (Å²) in [5.41, 5.74) is 2.15. The lowest BCUT2D eigenvalue weighted by Crippen LogP contribution is -2.20. The van der Waals surface area contributed by atoms with E-state index in [9.17, 15) is 4.79 Å². The zero-order valence-electron chi connectivity index (χ0n) is 14.1. The molecule has 2 heterocycles. The number of aromatic nitrogens is 2. The minimum Gasteiger partial charge on any atom is -0.495 e. The molecule has 26 heavy (non-hydrogen) atoms. The van der Waals surface area contributed by atoms with Crippen LogP contribution in [0.25, 0.3) is 21.8 Å². The summed E-state index contributed by atoms with van der Waals surface area (Å²) in [6.45, 7) is 0. The van der Waals surface area contributed by atoms with E-state index in [-0.39, 0.29) is 0 Å². The fourth-order valence-corrected chi connectivity index (χ4v) is 2.83. The monoisotopic (exact) mass is 344 g/mol. The molecule has 0 atom stereocenters. The van der Waals surface area contributed by atoms with Crippen LogP contribution in [0.5, 0.6) is 5.75 Å². The fraction of sp³-hybridized carbons (Fsp3) is 0.0500. The van der Waals surface area contributed by atoms with Crippen LogP contribution in [-0.4, -0.2) is 23.1 Å². The van der Waals surface area contributed by atoms with Crippen molar-refractivity contribution in [3.63, 3.8) is 0 Å². The second-order valence-corrected chi connectivity index (χ2v) is 5.68. The van der Waals surface area contributed by atoms with Crippen LogP contribution in [0.15, 0.2) is 66.9 Å². The molecular weight excluding hydrogens is 328 g/mol. The van der Waals surface area contributed by atoms with E-state index in [1.807, 2.05) is 48.5 Å². The number of pyridine rings is 2. The van der Waals surface area contributed by atoms with E-state index in [1.54, 1.807) is 25.4 Å². The Bertz CT molecular complexity index is 1110. The van der Waals surface area contributed by atoms with Gasteiger partial charge in [0, 0.05) is 17.0 Å². The van der Waals surface area contributed by atoms with Gasteiger partial charge < -0.3 is 10.1 Å². The van der Waals surface area contributed by atoms with Gasteiger partial charge in [0.2, 0.25) is 0 Å². The number of methoxy groups -OCH3 is 1. The summed E-state index contributed by atoms with van der Waals surface area (Å²) >= 11 is 0. The second-order valence-electron chi connectivity index (χ2n) is 5.68. The largest absolute Gasteiger partial charge is 0.495 e. The Hall–Kier alpha value is -3.67. The summed E-state index contributed by atoms with van der Waals surface area (Å²) in [5, 5.41) is 7.42. The maximum atomic E-state index is 12.5. The molecule has 4 aromatic rings. The molecule has 128 valence electrons. The van der Waals surface area contributed by atoms with Crippen molar-refractivity contribution in [1.29, 1.82) is 0 Å². The quantitative estimate of drug-likeness (QED) is 0.576. The minimum atomic E-state index is -0.401. The van der Waals surface area contributed by atoms with E-state index < -0.39 is 6.03 Å². The maximum absolute atomic E-state index is 12.5. The summed E-state index contributed by atoms with van der Waals surface area (Å²) in [5.74, 6) is 1.03. The van der Waals surface area contributed by atoms with Gasteiger partial charge in [0.15, 0.2) is 0 Å². The molecule has 0 spiro atoms. The van der Waals surface area contributed by atoms with Crippen LogP contribution in [0.3, 0.4) is 0 Å². The van der Waals surface area contributed by atoms with Crippen LogP contribution in [0.1, 0.15) is 0 Å². The predicted octanol–water partition coefficient (Wildman–Crippen LogP) is 4.44. The highest BCUT2D eigenvalue weighted by atomic mass is 16.5. The zero-order chi connectivity index (χ0) is 17.9. The summed E-state index contributed by atoms with van der Waals surface area (Å²) in [6, 6.07) is 18.3. The Morgan fingerprint density at radius 2 is 1.81 bits per heavy atom. The van der Waals surface area contributed by atoms with Crippen LogP contribution in [0.4, 0.5) is 16.3 Å². The summed E-state index contributed by atoms with van der Waals surface area (Å²) in [4.78, 5) is 21.2. The van der Waals surface area contributed by atoms with E-state index in [4.69, 9.17) is 4.74 Å². The number of nitrogens with one attached hydrogen (secondary N) is 2. The fourth-order valence-electron chi connectivity index (χ4n) is 2.83. The van der Waals surface area contributed by atoms with E-state index in [0.717, 1.165) is 21.8 Å². The van der Waals surface area contributed by atoms with Crippen molar-refractivity contribution in [1.82, 2.24) is 9.97 Å². The van der Waals surface area contributed by atoms with Crippen LogP contribution in [0, 0.1) is 0 Å². The number of carbonyl (C=O) groups excluding carboxylic acids is 1. The molecule has 0 fully saturated rings. The third kappa shape index (κ3) is 3.00. The first-order valence-electron chi connectivity index (χ1n) is 8.10. The van der Waals surface area contributed by atoms with Crippen LogP contribution < -0.4 is 15.4 Å². The second kappa shape index (κ2) is 6.68. The molecule has 0 unspecified atom stereocenters. The van der Waals surface area contributed by atoms with Gasteiger partial charge in [-0.25, -0.2) is 9.78 Å². The van der Waals surface area contributed by atoms with Crippen LogP contribution in [-0.2, 0) is 0 Å². The van der Waals surface area contributed by atoms with Crippen molar-refractivity contribution in [2.45, 2.75) is 0 Å². The molecule has 0 aliphatic carbocycles. The molecule has 2 amide bonds. The first kappa shape index (κ1) is 15.8. The Morgan fingerprint density at radius 1 is 0.923 bits per heavy atom. The van der Waals surface area contributed by atoms with Crippen molar-refractivity contribution in [3.05, 3.63) is 66.9 Å². The van der Waals surface area contributed by atoms with Gasteiger partial charge in [0.25, 0.3) is 0 Å². The predicted molar refractivity (Wildman–Crippen MR) is 103 cm³/mol. The molecule has 2 aromatic carbocycles. The number of hydrogen-bond acceptors (Lipinski definition) is 4. The van der Waals surface area contributed by atoms with Crippen molar-refractivity contribution in [3.8, 4) is 5.75 Å². The van der Waals surface area contributed by atoms with Crippen molar-refractivity contribution < 1.29 is 9.53 Å². The molecule has 6 nitrogen and oxygen atoms in total. The van der Waals surface area contributed by atoms with E-state index in [2.05, 4.69) is 20.6 Å². The number of amides is 2. The number of ether oxygens (including phenoxy) is 1. The molecular formula is C20H16N4O2. The number of urea groups is 1. The lowest BCUT2D eigenvalue weighted by atomic mass is 10.1. The molecule has 4 rings (SSSR count). The Labute approximate surface area is 149 Å². The number of fused-ring (bicyclic) bond motifs is 2. The smallest absolute Gasteiger partial charge is 0.324 e. The molecule has 6 heteroatoms. The van der Waals surface area contributed by atoms with Crippen LogP contribution >= 0.6 is 0 Å². The number of hydrogen-bond donors (Lipinski definition) is 2. The molecule has 2 aromatic heterocycles. The Balaban J connectivity index is 1.62. The SMILES string of the molecule is COc1ccc2ncccc2c1NC(=O)Nc1ccc2ccccc2n1. The third-order valence-corrected chi connectivity index (χ3v) is 4.05. The Morgan fingerprint density at radius 3 is 2.69 bits per heavy atom. The average molecular weight is 344 g/mol. The van der Waals surface area contributed by atoms with Gasteiger partial charge in [0.1, 0.15) is 11.6 Å². The summed E-state index contributed by atoms with van der Waals surface area (Å²) in [6.07, 6.45) is 1.71. The van der Waals surface area contributed by atoms with E-state index in [1.165, 1.54) is 0 Å². The lowest BCUT2D eigenvalue weighted by Gasteiger charge is -2.13. The number of carbonyl (C=O) groups is 1. The van der Waals surface area contributed by atoms with Gasteiger partial charge in [0.05, 0.1) is 23.8 Å². The third-order valence-electron chi connectivity index (χ3n) is 4.05. The maximum Gasteiger partial charge on any atom is 0.324 e. The Kier molecular flexibility index (Phi) is 4.07. The number of rotatable bonds is 3. The molecule has 0 radical (unpaired) electrons. The van der Waals surface area contributed by atoms with Crippen molar-refractivity contribution in [2.24, 2.45) is 0 Å². The van der Waals surface area contributed by atoms with Crippen LogP contribution in [0.2, 0.25) is 0 Å². The van der Waals surface area contributed by atoms with Crippen molar-refractivity contribution in [2.75, 3.05) is 17.7 Å². The normalized spacial score (nSPS) is 10.7. The molecule has 0 saturated carbocycles. The first-order valence-corrected chi connectivity index (χ1v) is 8.10. The first-order chi connectivity index (χ1) is 12.7. The summed E-state index contributed by atoms with van der Waals surface area (Å²) in [7, 11) is 1.56. The number of para-hydroxylation sites is 1. The molecule has 0 aliphatic heterocycles. The number of nitrogens with zero attached hydrogens (tertiary/aromatic N) is 2. The number of anilines is 2. The average Bonchev–Trinajstić information content (AvgIpc) is 2.68. The molecule has 0 bridgehead atoms. The lowest BCUT2D eigenvalue weighted by molar-refractivity contribution is 0.262. The van der Waals surface area contributed by atoms with Crippen molar-refractivity contribution >= 4 is 39.3 Å². The molecule has 2 N–H and O–H groups in total. The van der Waals surface area contributed by atoms with Gasteiger partial charge in [-0.1, -0.05) is 18.2 Å². The van der Waals surface area contributed by atoms with Gasteiger partial charge in [-0.15, -0.1) is 0 Å². The van der Waals surface area contributed by atoms with E-state index in [0.29, 0.717) is 17.3 Å².